The first-order chi connectivity index (χ1) is 6.31. The zero-order valence-electron chi connectivity index (χ0n) is 8.52. The standard InChI is InChI=1S/C9H15F3O2/c1-4-6(2)8(13)14-5-9(11,12)7(3)10/h6-7H,4-5H2,1-3H3. The number of carbonyl (C=O) groups is 1. The molecule has 14 heavy (non-hydrogen) atoms. The molecule has 5 heteroatoms. The molecule has 0 radical (unpaired) electrons. The highest BCUT2D eigenvalue weighted by atomic mass is 19.3. The number of hydrogen-bond acceptors (Lipinski definition) is 2. The molecule has 0 aromatic heterocycles. The summed E-state index contributed by atoms with van der Waals surface area (Å²) < 4.78 is 41.8. The Balaban J connectivity index is 4.00. The van der Waals surface area contributed by atoms with Crippen LogP contribution in [0.1, 0.15) is 27.2 Å². The average Bonchev–Trinajstić information content (AvgIpc) is 2.12. The Hall–Kier alpha value is -0.740. The van der Waals surface area contributed by atoms with Gasteiger partial charge in [0.25, 0.3) is 0 Å². The SMILES string of the molecule is CCC(C)C(=O)OCC(F)(F)C(C)F. The maximum absolute atomic E-state index is 12.6. The first-order valence-corrected chi connectivity index (χ1v) is 4.49. The Bertz CT molecular complexity index is 192. The molecule has 0 aliphatic heterocycles. The van der Waals surface area contributed by atoms with Gasteiger partial charge in [0.05, 0.1) is 5.92 Å². The van der Waals surface area contributed by atoms with Crippen molar-refractivity contribution in [2.24, 2.45) is 5.92 Å². The molecule has 0 heterocycles. The minimum atomic E-state index is -3.59. The van der Waals surface area contributed by atoms with Crippen molar-refractivity contribution >= 4 is 5.97 Å². The number of hydrogen-bond donors (Lipinski definition) is 0. The van der Waals surface area contributed by atoms with Crippen LogP contribution in [0, 0.1) is 5.92 Å². The molecule has 0 amide bonds. The van der Waals surface area contributed by atoms with Crippen molar-refractivity contribution in [3.8, 4) is 0 Å². The Morgan fingerprint density at radius 3 is 2.29 bits per heavy atom. The lowest BCUT2D eigenvalue weighted by Gasteiger charge is -2.18. The number of esters is 1. The van der Waals surface area contributed by atoms with Gasteiger partial charge in [0.15, 0.2) is 12.8 Å². The molecule has 0 bridgehead atoms. The fourth-order valence-corrected chi connectivity index (χ4v) is 0.591. The van der Waals surface area contributed by atoms with Crippen molar-refractivity contribution in [3.63, 3.8) is 0 Å². The van der Waals surface area contributed by atoms with Crippen molar-refractivity contribution in [3.05, 3.63) is 0 Å². The highest BCUT2D eigenvalue weighted by molar-refractivity contribution is 5.71. The topological polar surface area (TPSA) is 26.3 Å². The molecule has 2 unspecified atom stereocenters. The summed E-state index contributed by atoms with van der Waals surface area (Å²) in [6, 6.07) is 0. The Labute approximate surface area is 81.4 Å². The van der Waals surface area contributed by atoms with Gasteiger partial charge in [0.1, 0.15) is 0 Å². The van der Waals surface area contributed by atoms with Crippen LogP contribution in [0.15, 0.2) is 0 Å². The summed E-state index contributed by atoms with van der Waals surface area (Å²) in [6.45, 7) is 2.85. The number of rotatable bonds is 5. The van der Waals surface area contributed by atoms with E-state index in [4.69, 9.17) is 0 Å². The molecule has 0 aromatic rings. The monoisotopic (exact) mass is 212 g/mol. The quantitative estimate of drug-likeness (QED) is 0.655. The van der Waals surface area contributed by atoms with Crippen LogP contribution in [0.2, 0.25) is 0 Å². The van der Waals surface area contributed by atoms with Crippen LogP contribution in [0.5, 0.6) is 0 Å². The van der Waals surface area contributed by atoms with Gasteiger partial charge in [-0.1, -0.05) is 13.8 Å². The van der Waals surface area contributed by atoms with Crippen LogP contribution >= 0.6 is 0 Å². The second-order valence-electron chi connectivity index (χ2n) is 3.29. The molecule has 84 valence electrons. The molecule has 2 atom stereocenters. The molecule has 0 aliphatic carbocycles. The van der Waals surface area contributed by atoms with Gasteiger partial charge in [-0.2, -0.15) is 8.78 Å². The third kappa shape index (κ3) is 3.98. The second-order valence-corrected chi connectivity index (χ2v) is 3.29. The van der Waals surface area contributed by atoms with Crippen LogP contribution in [0.3, 0.4) is 0 Å². The Kier molecular flexibility index (Phi) is 4.94. The molecule has 0 aliphatic rings. The molecule has 0 aromatic carbocycles. The summed E-state index contributed by atoms with van der Waals surface area (Å²) in [7, 11) is 0. The maximum atomic E-state index is 12.6. The van der Waals surface area contributed by atoms with Crippen LogP contribution in [0.4, 0.5) is 13.2 Å². The second kappa shape index (κ2) is 5.22. The highest BCUT2D eigenvalue weighted by Gasteiger charge is 2.38. The van der Waals surface area contributed by atoms with Crippen molar-refractivity contribution in [1.82, 2.24) is 0 Å². The van der Waals surface area contributed by atoms with Crippen molar-refractivity contribution < 1.29 is 22.7 Å². The number of alkyl halides is 3. The van der Waals surface area contributed by atoms with E-state index in [0.29, 0.717) is 6.42 Å². The van der Waals surface area contributed by atoms with Gasteiger partial charge < -0.3 is 4.74 Å². The van der Waals surface area contributed by atoms with E-state index in [1.807, 2.05) is 0 Å². The molecule has 0 fully saturated rings. The molecule has 0 N–H and O–H groups in total. The van der Waals surface area contributed by atoms with Gasteiger partial charge in [-0.25, -0.2) is 4.39 Å². The molecule has 0 rings (SSSR count). The van der Waals surface area contributed by atoms with E-state index in [1.165, 1.54) is 0 Å². The van der Waals surface area contributed by atoms with E-state index in [9.17, 15) is 18.0 Å². The Morgan fingerprint density at radius 1 is 1.43 bits per heavy atom. The fraction of sp³-hybridized carbons (Fsp3) is 0.889. The predicted octanol–water partition coefficient (Wildman–Crippen LogP) is 2.57. The largest absolute Gasteiger partial charge is 0.459 e. The van der Waals surface area contributed by atoms with Gasteiger partial charge in [0.2, 0.25) is 0 Å². The third-order valence-corrected chi connectivity index (χ3v) is 2.00. The maximum Gasteiger partial charge on any atom is 0.311 e. The number of carbonyl (C=O) groups excluding carboxylic acids is 1. The van der Waals surface area contributed by atoms with Crippen molar-refractivity contribution in [1.29, 1.82) is 0 Å². The minimum Gasteiger partial charge on any atom is -0.459 e. The summed E-state index contributed by atoms with van der Waals surface area (Å²) in [6.07, 6.45) is -1.80. The van der Waals surface area contributed by atoms with Gasteiger partial charge in [-0.15, -0.1) is 0 Å². The summed E-state index contributed by atoms with van der Waals surface area (Å²) in [4.78, 5) is 11.0. The normalized spacial score (nSPS) is 16.1. The highest BCUT2D eigenvalue weighted by Crippen LogP contribution is 2.22. The summed E-state index contributed by atoms with van der Waals surface area (Å²) in [5.74, 6) is -4.74. The number of halogens is 3. The van der Waals surface area contributed by atoms with Crippen LogP contribution in [-0.2, 0) is 9.53 Å². The van der Waals surface area contributed by atoms with Gasteiger partial charge in [-0.3, -0.25) is 4.79 Å². The zero-order valence-corrected chi connectivity index (χ0v) is 8.52. The van der Waals surface area contributed by atoms with Crippen molar-refractivity contribution in [2.45, 2.75) is 39.3 Å². The molecule has 0 saturated heterocycles. The smallest absolute Gasteiger partial charge is 0.311 e. The predicted molar refractivity (Wildman–Crippen MR) is 45.9 cm³/mol. The van der Waals surface area contributed by atoms with Crippen LogP contribution in [-0.4, -0.2) is 24.7 Å². The molecule has 2 nitrogen and oxygen atoms in total. The van der Waals surface area contributed by atoms with Gasteiger partial charge in [-0.05, 0) is 13.3 Å². The van der Waals surface area contributed by atoms with Gasteiger partial charge in [0, 0.05) is 0 Å². The first kappa shape index (κ1) is 13.3. The summed E-state index contributed by atoms with van der Waals surface area (Å²) in [5, 5.41) is 0. The fourth-order valence-electron chi connectivity index (χ4n) is 0.591. The lowest BCUT2D eigenvalue weighted by atomic mass is 10.1. The van der Waals surface area contributed by atoms with E-state index in [0.717, 1.165) is 6.92 Å². The van der Waals surface area contributed by atoms with Crippen molar-refractivity contribution in [2.75, 3.05) is 6.61 Å². The van der Waals surface area contributed by atoms with E-state index >= 15 is 0 Å². The Morgan fingerprint density at radius 2 is 1.93 bits per heavy atom. The summed E-state index contributed by atoms with van der Waals surface area (Å²) in [5.41, 5.74) is 0. The first-order valence-electron chi connectivity index (χ1n) is 4.49. The average molecular weight is 212 g/mol. The lowest BCUT2D eigenvalue weighted by molar-refractivity contribution is -0.166. The molecular weight excluding hydrogens is 197 g/mol. The minimum absolute atomic E-state index is 0.430. The number of ether oxygens (including phenoxy) is 1. The molecule has 0 saturated carbocycles. The molecular formula is C9H15F3O2. The van der Waals surface area contributed by atoms with Crippen LogP contribution in [0.25, 0.3) is 0 Å². The molecule has 0 spiro atoms. The van der Waals surface area contributed by atoms with Gasteiger partial charge >= 0.3 is 11.9 Å². The van der Waals surface area contributed by atoms with E-state index < -0.39 is 30.6 Å². The summed E-state index contributed by atoms with van der Waals surface area (Å²) >= 11 is 0. The van der Waals surface area contributed by atoms with Crippen LogP contribution < -0.4 is 0 Å². The zero-order chi connectivity index (χ0) is 11.4. The third-order valence-electron chi connectivity index (χ3n) is 2.00. The van der Waals surface area contributed by atoms with E-state index in [1.54, 1.807) is 13.8 Å². The lowest BCUT2D eigenvalue weighted by Crippen LogP contribution is -2.35. The van der Waals surface area contributed by atoms with E-state index in [2.05, 4.69) is 4.74 Å². The van der Waals surface area contributed by atoms with E-state index in [-0.39, 0.29) is 0 Å².